The van der Waals surface area contributed by atoms with E-state index >= 15 is 0 Å². The Balaban J connectivity index is 2.10. The third kappa shape index (κ3) is 5.63. The maximum Gasteiger partial charge on any atom is 0.0965 e. The van der Waals surface area contributed by atoms with E-state index in [-0.39, 0.29) is 12.5 Å². The van der Waals surface area contributed by atoms with Crippen LogP contribution in [-0.2, 0) is 4.74 Å². The molecule has 1 aromatic rings. The highest BCUT2D eigenvalue weighted by Gasteiger charge is 2.29. The summed E-state index contributed by atoms with van der Waals surface area (Å²) in [4.78, 5) is 0. The van der Waals surface area contributed by atoms with Crippen molar-refractivity contribution in [3.05, 3.63) is 57.3 Å². The molecule has 27 heavy (non-hydrogen) atoms. The van der Waals surface area contributed by atoms with E-state index in [0.29, 0.717) is 29.0 Å². The molecule has 0 fully saturated rings. The zero-order valence-electron chi connectivity index (χ0n) is 15.5. The number of ether oxygens (including phenoxy) is 1. The number of hydrogen-bond acceptors (Lipinski definition) is 4. The zero-order valence-corrected chi connectivity index (χ0v) is 17.7. The molecule has 0 aromatic heterocycles. The first-order valence-corrected chi connectivity index (χ1v) is 10.1. The predicted octanol–water partition coefficient (Wildman–Crippen LogP) is 4.46. The Morgan fingerprint density at radius 3 is 2.56 bits per heavy atom. The van der Waals surface area contributed by atoms with Crippen molar-refractivity contribution in [2.24, 2.45) is 17.1 Å². The van der Waals surface area contributed by atoms with Crippen molar-refractivity contribution in [1.29, 1.82) is 0 Å². The smallest absolute Gasteiger partial charge is 0.0965 e. The van der Waals surface area contributed by atoms with Crippen LogP contribution in [0.3, 0.4) is 0 Å². The summed E-state index contributed by atoms with van der Waals surface area (Å²) in [6.07, 6.45) is 3.48. The van der Waals surface area contributed by atoms with E-state index in [2.05, 4.69) is 0 Å². The van der Waals surface area contributed by atoms with Gasteiger partial charge in [0, 0.05) is 17.7 Å². The molecule has 0 aliphatic heterocycles. The quantitative estimate of drug-likeness (QED) is 0.528. The Kier molecular flexibility index (Phi) is 8.05. The lowest BCUT2D eigenvalue weighted by atomic mass is 9.84. The number of aliphatic hydroxyl groups excluding tert-OH is 2. The van der Waals surface area contributed by atoms with Crippen molar-refractivity contribution in [2.45, 2.75) is 32.4 Å². The van der Waals surface area contributed by atoms with Crippen LogP contribution >= 0.6 is 34.8 Å². The van der Waals surface area contributed by atoms with Gasteiger partial charge < -0.3 is 20.7 Å². The fraction of sp³-hybridized carbons (Fsp3) is 0.500. The molecule has 1 aliphatic rings. The molecule has 150 valence electrons. The van der Waals surface area contributed by atoms with Gasteiger partial charge in [0.15, 0.2) is 0 Å². The number of alkyl halides is 1. The average Bonchev–Trinajstić information content (AvgIpc) is 2.67. The second kappa shape index (κ2) is 9.64. The van der Waals surface area contributed by atoms with Crippen LogP contribution in [0.2, 0.25) is 10.0 Å². The Hall–Kier alpha value is -0.750. The molecule has 1 aromatic carbocycles. The summed E-state index contributed by atoms with van der Waals surface area (Å²) in [6, 6.07) is 4.50. The maximum absolute atomic E-state index is 10.8. The molecule has 1 aliphatic carbocycles. The van der Waals surface area contributed by atoms with Crippen LogP contribution in [0.25, 0.3) is 0 Å². The van der Waals surface area contributed by atoms with E-state index in [0.717, 1.165) is 16.9 Å². The van der Waals surface area contributed by atoms with Gasteiger partial charge in [0.2, 0.25) is 0 Å². The van der Waals surface area contributed by atoms with Gasteiger partial charge in [-0.05, 0) is 35.3 Å². The molecule has 0 spiro atoms. The van der Waals surface area contributed by atoms with Crippen LogP contribution in [-0.4, -0.2) is 35.4 Å². The van der Waals surface area contributed by atoms with Crippen LogP contribution in [0.1, 0.15) is 31.9 Å². The Bertz CT molecular complexity index is 716. The number of allylic oxidation sites excluding steroid dienone is 3. The number of hydrogen-bond donors (Lipinski definition) is 3. The maximum atomic E-state index is 10.8. The minimum atomic E-state index is -0.847. The van der Waals surface area contributed by atoms with Crippen molar-refractivity contribution in [1.82, 2.24) is 0 Å². The van der Waals surface area contributed by atoms with Gasteiger partial charge in [0.25, 0.3) is 0 Å². The molecule has 4 nitrogen and oxygen atoms in total. The fourth-order valence-electron chi connectivity index (χ4n) is 2.84. The Labute approximate surface area is 175 Å². The molecule has 0 saturated heterocycles. The van der Waals surface area contributed by atoms with Crippen LogP contribution in [0.15, 0.2) is 41.7 Å². The Morgan fingerprint density at radius 1 is 1.30 bits per heavy atom. The van der Waals surface area contributed by atoms with Crippen LogP contribution < -0.4 is 5.73 Å². The molecule has 4 N–H and O–H groups in total. The van der Waals surface area contributed by atoms with Gasteiger partial charge in [-0.1, -0.05) is 49.2 Å². The summed E-state index contributed by atoms with van der Waals surface area (Å²) in [5.74, 6) is 1.17. The van der Waals surface area contributed by atoms with Crippen molar-refractivity contribution in [2.75, 3.05) is 19.1 Å². The summed E-state index contributed by atoms with van der Waals surface area (Å²) >= 11 is 17.9. The second-order valence-corrected chi connectivity index (χ2v) is 8.52. The second-order valence-electron chi connectivity index (χ2n) is 7.44. The number of benzene rings is 1. The highest BCUT2D eigenvalue weighted by molar-refractivity contribution is 6.42. The molecule has 2 rings (SSSR count). The van der Waals surface area contributed by atoms with Crippen LogP contribution in [0, 0.1) is 11.3 Å². The number of aliphatic hydroxyl groups is 2. The van der Waals surface area contributed by atoms with Gasteiger partial charge in [-0.25, -0.2) is 0 Å². The first-order chi connectivity index (χ1) is 12.7. The molecular formula is C20H26Cl3NO3. The molecule has 4 unspecified atom stereocenters. The first kappa shape index (κ1) is 22.5. The molecule has 0 heterocycles. The van der Waals surface area contributed by atoms with Crippen molar-refractivity contribution >= 4 is 34.8 Å². The summed E-state index contributed by atoms with van der Waals surface area (Å²) in [5.41, 5.74) is 7.32. The molecule has 0 saturated carbocycles. The van der Waals surface area contributed by atoms with E-state index in [1.165, 1.54) is 0 Å². The SMILES string of the molecule is CC1CC(OCC(C)(CO)CCl)=CC=C1C(O)C(N)c1ccc(Cl)c(Cl)c1. The summed E-state index contributed by atoms with van der Waals surface area (Å²) in [5, 5.41) is 21.0. The first-order valence-electron chi connectivity index (χ1n) is 8.79. The zero-order chi connectivity index (χ0) is 20.2. The van der Waals surface area contributed by atoms with Gasteiger partial charge in [0.05, 0.1) is 41.2 Å². The lowest BCUT2D eigenvalue weighted by Gasteiger charge is -2.31. The van der Waals surface area contributed by atoms with E-state index in [1.54, 1.807) is 18.2 Å². The molecule has 4 atom stereocenters. The van der Waals surface area contributed by atoms with Crippen molar-refractivity contribution in [3.63, 3.8) is 0 Å². The van der Waals surface area contributed by atoms with E-state index in [1.807, 2.05) is 26.0 Å². The number of rotatable bonds is 8. The minimum Gasteiger partial charge on any atom is -0.497 e. The summed E-state index contributed by atoms with van der Waals surface area (Å²) < 4.78 is 5.83. The van der Waals surface area contributed by atoms with Gasteiger partial charge in [-0.3, -0.25) is 0 Å². The molecule has 0 bridgehead atoms. The summed E-state index contributed by atoms with van der Waals surface area (Å²) in [6.45, 7) is 4.17. The normalized spacial score (nSPS) is 21.7. The Morgan fingerprint density at radius 2 is 2.00 bits per heavy atom. The van der Waals surface area contributed by atoms with E-state index in [4.69, 9.17) is 45.3 Å². The van der Waals surface area contributed by atoms with Crippen molar-refractivity contribution in [3.8, 4) is 0 Å². The number of halogens is 3. The third-order valence-corrected chi connectivity index (χ3v) is 6.24. The largest absolute Gasteiger partial charge is 0.497 e. The standard InChI is InChI=1S/C20H26Cl3NO3/c1-12-7-14(27-11-20(2,9-21)10-25)4-5-15(12)19(26)18(24)13-3-6-16(22)17(23)8-13/h3-6,8,12,18-19,25-26H,7,9-11,24H2,1-2H3. The lowest BCUT2D eigenvalue weighted by Crippen LogP contribution is -2.32. The molecule has 0 radical (unpaired) electrons. The number of nitrogens with two attached hydrogens (primary N) is 1. The molecule has 7 heteroatoms. The van der Waals surface area contributed by atoms with E-state index < -0.39 is 17.6 Å². The van der Waals surface area contributed by atoms with Gasteiger partial charge in [-0.2, -0.15) is 0 Å². The average molecular weight is 435 g/mol. The highest BCUT2D eigenvalue weighted by Crippen LogP contribution is 2.34. The highest BCUT2D eigenvalue weighted by atomic mass is 35.5. The van der Waals surface area contributed by atoms with Crippen LogP contribution in [0.5, 0.6) is 0 Å². The van der Waals surface area contributed by atoms with Gasteiger partial charge >= 0.3 is 0 Å². The van der Waals surface area contributed by atoms with Crippen LogP contribution in [0.4, 0.5) is 0 Å². The third-order valence-electron chi connectivity index (χ3n) is 4.86. The lowest BCUT2D eigenvalue weighted by molar-refractivity contribution is 0.0589. The predicted molar refractivity (Wildman–Crippen MR) is 111 cm³/mol. The topological polar surface area (TPSA) is 75.7 Å². The van der Waals surface area contributed by atoms with Gasteiger partial charge in [-0.15, -0.1) is 11.6 Å². The van der Waals surface area contributed by atoms with Gasteiger partial charge in [0.1, 0.15) is 0 Å². The van der Waals surface area contributed by atoms with Crippen molar-refractivity contribution < 1.29 is 14.9 Å². The summed E-state index contributed by atoms with van der Waals surface area (Å²) in [7, 11) is 0. The fourth-order valence-corrected chi connectivity index (χ4v) is 3.31. The molecular weight excluding hydrogens is 409 g/mol. The minimum absolute atomic E-state index is 0.0440. The van der Waals surface area contributed by atoms with E-state index in [9.17, 15) is 10.2 Å². The molecule has 0 amide bonds. The monoisotopic (exact) mass is 433 g/mol.